The molecule has 1 unspecified atom stereocenters. The van der Waals surface area contributed by atoms with E-state index < -0.39 is 0 Å². The largest absolute Gasteiger partial charge is 0.497 e. The highest BCUT2D eigenvalue weighted by Gasteiger charge is 2.32. The zero-order chi connectivity index (χ0) is 22.7. The molecule has 0 spiro atoms. The fourth-order valence-electron chi connectivity index (χ4n) is 4.09. The number of carbonyl (C=O) groups is 1. The molecule has 1 aromatic heterocycles. The molecule has 1 fully saturated rings. The number of nitrogens with zero attached hydrogens (tertiary/aromatic N) is 4. The van der Waals surface area contributed by atoms with Crippen LogP contribution in [0.15, 0.2) is 54.7 Å². The van der Waals surface area contributed by atoms with Crippen molar-refractivity contribution in [2.45, 2.75) is 25.3 Å². The van der Waals surface area contributed by atoms with Crippen LogP contribution >= 0.6 is 0 Å². The summed E-state index contributed by atoms with van der Waals surface area (Å²) in [6, 6.07) is 13.3. The molecule has 0 radical (unpaired) electrons. The Kier molecular flexibility index (Phi) is 6.35. The topological polar surface area (TPSA) is 58.6 Å². The molecule has 1 aliphatic rings. The molecule has 4 rings (SSSR count). The van der Waals surface area contributed by atoms with E-state index in [4.69, 9.17) is 9.72 Å². The summed E-state index contributed by atoms with van der Waals surface area (Å²) < 4.78 is 18.8. The number of aromatic nitrogens is 2. The molecule has 0 N–H and O–H groups in total. The Morgan fingerprint density at radius 3 is 2.66 bits per heavy atom. The van der Waals surface area contributed by atoms with Gasteiger partial charge < -0.3 is 14.5 Å². The number of hydrogen-bond acceptors (Lipinski definition) is 5. The molecule has 0 saturated carbocycles. The lowest BCUT2D eigenvalue weighted by Crippen LogP contribution is -2.39. The molecule has 7 heteroatoms. The van der Waals surface area contributed by atoms with Gasteiger partial charge in [-0.15, -0.1) is 0 Å². The summed E-state index contributed by atoms with van der Waals surface area (Å²) in [7, 11) is 5.36. The van der Waals surface area contributed by atoms with Crippen molar-refractivity contribution < 1.29 is 13.9 Å². The fraction of sp³-hybridized carbons (Fsp3) is 0.320. The lowest BCUT2D eigenvalue weighted by molar-refractivity contribution is 0.0606. The van der Waals surface area contributed by atoms with Gasteiger partial charge in [-0.2, -0.15) is 0 Å². The summed E-state index contributed by atoms with van der Waals surface area (Å²) in [5.41, 5.74) is 3.00. The van der Waals surface area contributed by atoms with E-state index in [9.17, 15) is 9.18 Å². The smallest absolute Gasteiger partial charge is 0.254 e. The molecular formula is C25H27FN4O2. The van der Waals surface area contributed by atoms with Gasteiger partial charge in [0.25, 0.3) is 5.91 Å². The average Bonchev–Trinajstić information content (AvgIpc) is 2.83. The maximum Gasteiger partial charge on any atom is 0.254 e. The van der Waals surface area contributed by atoms with Crippen LogP contribution in [0.4, 0.5) is 10.3 Å². The van der Waals surface area contributed by atoms with Crippen molar-refractivity contribution in [1.29, 1.82) is 0 Å². The Morgan fingerprint density at radius 2 is 1.94 bits per heavy atom. The second-order valence-corrected chi connectivity index (χ2v) is 8.11. The maximum atomic E-state index is 13.5. The highest BCUT2D eigenvalue weighted by molar-refractivity contribution is 5.95. The minimum absolute atomic E-state index is 0.0522. The number of methoxy groups -OCH3 is 1. The molecule has 0 bridgehead atoms. The van der Waals surface area contributed by atoms with Crippen molar-refractivity contribution >= 4 is 11.9 Å². The number of likely N-dealkylation sites (tertiary alicyclic amines) is 1. The number of carbonyl (C=O) groups excluding carboxylic acids is 1. The zero-order valence-electron chi connectivity index (χ0n) is 18.6. The van der Waals surface area contributed by atoms with Gasteiger partial charge in [-0.3, -0.25) is 4.79 Å². The van der Waals surface area contributed by atoms with E-state index in [0.29, 0.717) is 23.8 Å². The lowest BCUT2D eigenvalue weighted by Gasteiger charge is -2.36. The first kappa shape index (κ1) is 21.7. The molecule has 166 valence electrons. The van der Waals surface area contributed by atoms with Crippen LogP contribution in [0.25, 0.3) is 11.1 Å². The first-order valence-electron chi connectivity index (χ1n) is 10.7. The third-order valence-electron chi connectivity index (χ3n) is 5.76. The Labute approximate surface area is 187 Å². The summed E-state index contributed by atoms with van der Waals surface area (Å²) in [4.78, 5) is 26.6. The van der Waals surface area contributed by atoms with Crippen molar-refractivity contribution in [3.8, 4) is 16.9 Å². The fourth-order valence-corrected chi connectivity index (χ4v) is 4.09. The third kappa shape index (κ3) is 4.42. The van der Waals surface area contributed by atoms with Crippen LogP contribution in [0.2, 0.25) is 0 Å². The van der Waals surface area contributed by atoms with Crippen molar-refractivity contribution in [2.75, 3.05) is 32.6 Å². The number of anilines is 1. The molecule has 1 saturated heterocycles. The summed E-state index contributed by atoms with van der Waals surface area (Å²) in [6.07, 6.45) is 4.50. The molecule has 32 heavy (non-hydrogen) atoms. The standard InChI is InChI=1S/C25H27FN4O2/c1-29(2)25-27-16-21(17-10-12-19(26)13-11-17)23(28-25)22-9-4-5-14-30(22)24(31)18-7-6-8-20(15-18)32-3/h6-8,10-13,15-16,22H,4-5,9,14H2,1-3H3. The van der Waals surface area contributed by atoms with Crippen molar-refractivity contribution in [2.24, 2.45) is 0 Å². The van der Waals surface area contributed by atoms with Gasteiger partial charge in [0.2, 0.25) is 5.95 Å². The number of hydrogen-bond donors (Lipinski definition) is 0. The second-order valence-electron chi connectivity index (χ2n) is 8.11. The minimum atomic E-state index is -0.298. The van der Waals surface area contributed by atoms with Gasteiger partial charge in [-0.1, -0.05) is 18.2 Å². The van der Waals surface area contributed by atoms with E-state index in [0.717, 1.165) is 36.1 Å². The summed E-state index contributed by atoms with van der Waals surface area (Å²) >= 11 is 0. The monoisotopic (exact) mass is 434 g/mol. The summed E-state index contributed by atoms with van der Waals surface area (Å²) in [5, 5.41) is 0. The van der Waals surface area contributed by atoms with Gasteiger partial charge >= 0.3 is 0 Å². The van der Waals surface area contributed by atoms with Crippen LogP contribution in [0.1, 0.15) is 41.4 Å². The van der Waals surface area contributed by atoms with E-state index in [1.165, 1.54) is 12.1 Å². The Hall–Kier alpha value is -3.48. The molecule has 0 aliphatic carbocycles. The first-order valence-corrected chi connectivity index (χ1v) is 10.7. The molecule has 2 heterocycles. The van der Waals surface area contributed by atoms with Crippen LogP contribution in [0.3, 0.4) is 0 Å². The van der Waals surface area contributed by atoms with Crippen LogP contribution in [0, 0.1) is 5.82 Å². The van der Waals surface area contributed by atoms with E-state index >= 15 is 0 Å². The van der Waals surface area contributed by atoms with Crippen LogP contribution < -0.4 is 9.64 Å². The molecule has 3 aromatic rings. The van der Waals surface area contributed by atoms with Crippen LogP contribution in [-0.2, 0) is 0 Å². The Morgan fingerprint density at radius 1 is 1.16 bits per heavy atom. The minimum Gasteiger partial charge on any atom is -0.497 e. The zero-order valence-corrected chi connectivity index (χ0v) is 18.6. The van der Waals surface area contributed by atoms with Gasteiger partial charge in [0.15, 0.2) is 0 Å². The number of ether oxygens (including phenoxy) is 1. The van der Waals surface area contributed by atoms with E-state index in [-0.39, 0.29) is 17.8 Å². The van der Waals surface area contributed by atoms with Crippen molar-refractivity contribution in [3.05, 3.63) is 71.8 Å². The van der Waals surface area contributed by atoms with Crippen molar-refractivity contribution in [3.63, 3.8) is 0 Å². The lowest BCUT2D eigenvalue weighted by atomic mass is 9.93. The first-order chi connectivity index (χ1) is 15.5. The summed E-state index contributed by atoms with van der Waals surface area (Å²) in [5.74, 6) is 0.871. The Balaban J connectivity index is 1.78. The van der Waals surface area contributed by atoms with E-state index in [1.807, 2.05) is 42.1 Å². The highest BCUT2D eigenvalue weighted by atomic mass is 19.1. The SMILES string of the molecule is COc1cccc(C(=O)N2CCCCC2c2nc(N(C)C)ncc2-c2ccc(F)cc2)c1. The molecule has 1 amide bonds. The predicted octanol–water partition coefficient (Wildman–Crippen LogP) is 4.72. The molecular weight excluding hydrogens is 407 g/mol. The van der Waals surface area contributed by atoms with Gasteiger partial charge in [0, 0.05) is 38.0 Å². The number of rotatable bonds is 5. The van der Waals surface area contributed by atoms with Gasteiger partial charge in [-0.05, 0) is 55.2 Å². The van der Waals surface area contributed by atoms with Crippen LogP contribution in [-0.4, -0.2) is 48.5 Å². The number of benzene rings is 2. The quantitative estimate of drug-likeness (QED) is 0.581. The number of amides is 1. The summed E-state index contributed by atoms with van der Waals surface area (Å²) in [6.45, 7) is 0.644. The highest BCUT2D eigenvalue weighted by Crippen LogP contribution is 2.37. The number of piperidine rings is 1. The predicted molar refractivity (Wildman–Crippen MR) is 122 cm³/mol. The normalized spacial score (nSPS) is 16.0. The molecule has 1 atom stereocenters. The van der Waals surface area contributed by atoms with E-state index in [2.05, 4.69) is 4.98 Å². The van der Waals surface area contributed by atoms with Gasteiger partial charge in [0.1, 0.15) is 11.6 Å². The average molecular weight is 435 g/mol. The third-order valence-corrected chi connectivity index (χ3v) is 5.76. The maximum absolute atomic E-state index is 13.5. The molecule has 2 aromatic carbocycles. The molecule has 6 nitrogen and oxygen atoms in total. The van der Waals surface area contributed by atoms with Gasteiger partial charge in [0.05, 0.1) is 18.8 Å². The van der Waals surface area contributed by atoms with E-state index in [1.54, 1.807) is 31.5 Å². The van der Waals surface area contributed by atoms with Crippen molar-refractivity contribution in [1.82, 2.24) is 14.9 Å². The van der Waals surface area contributed by atoms with Crippen LogP contribution in [0.5, 0.6) is 5.75 Å². The number of halogens is 1. The van der Waals surface area contributed by atoms with Gasteiger partial charge in [-0.25, -0.2) is 14.4 Å². The molecule has 1 aliphatic heterocycles. The second kappa shape index (κ2) is 9.34. The Bertz CT molecular complexity index is 1100.